The van der Waals surface area contributed by atoms with E-state index in [-0.39, 0.29) is 76.3 Å². The van der Waals surface area contributed by atoms with Gasteiger partial charge in [0.25, 0.3) is 5.91 Å². The number of thioether (sulfide) groups is 1. The van der Waals surface area contributed by atoms with Gasteiger partial charge in [-0.15, -0.1) is 18.3 Å². The lowest BCUT2D eigenvalue weighted by molar-refractivity contribution is -0.254. The van der Waals surface area contributed by atoms with E-state index < -0.39 is 17.7 Å². The van der Waals surface area contributed by atoms with Gasteiger partial charge in [0, 0.05) is 53.9 Å². The van der Waals surface area contributed by atoms with Crippen LogP contribution in [-0.2, 0) is 14.3 Å². The summed E-state index contributed by atoms with van der Waals surface area (Å²) in [6.45, 7) is 7.23. The minimum Gasteiger partial charge on any atom is -0.493 e. The number of nitriles is 1. The predicted octanol–water partition coefficient (Wildman–Crippen LogP) is 7.53. The van der Waals surface area contributed by atoms with Crippen LogP contribution in [0.15, 0.2) is 107 Å². The quantitative estimate of drug-likeness (QED) is 0.0334. The molecule has 6 rings (SSSR count). The van der Waals surface area contributed by atoms with Gasteiger partial charge >= 0.3 is 0 Å². The first kappa shape index (κ1) is 46.8. The van der Waals surface area contributed by atoms with Crippen LogP contribution >= 0.6 is 11.8 Å². The standard InChI is InChI=1S/C49H61N3O9S/c1-3-26-59-49-45(52(22-27-57-28-25-55)48(56)36-18-16-35(34-50)17-19-36)33-43(51-60-4-2)41-31-37(12-8-10-23-53)40(15-9-11-24-54)46(47(41)49)42-32-38(20-21-44(42)61-49)58-29-30-62-39-13-6-5-7-14-39/h3,5-7,13-14,16-21,31-32,37,40,45-47,53-55H,1,4,8-12,15,22-30,33H2,2H3. The number of nitrogens with zero attached hydrogens (tertiary/aromatic N) is 3. The maximum atomic E-state index is 15.0. The molecule has 1 fully saturated rings. The van der Waals surface area contributed by atoms with E-state index in [9.17, 15) is 25.4 Å². The Morgan fingerprint density at radius 1 is 1.00 bits per heavy atom. The molecular weight excluding hydrogens is 807 g/mol. The molecule has 3 aromatic carbocycles. The maximum Gasteiger partial charge on any atom is 0.254 e. The zero-order chi connectivity index (χ0) is 43.7. The molecule has 0 bridgehead atoms. The van der Waals surface area contributed by atoms with E-state index >= 15 is 0 Å². The van der Waals surface area contributed by atoms with Crippen LogP contribution in [0.5, 0.6) is 11.5 Å². The third kappa shape index (κ3) is 11.1. The zero-order valence-corrected chi connectivity index (χ0v) is 36.6. The second kappa shape index (κ2) is 23.7. The number of fused-ring (bicyclic) bond motifs is 2. The molecular formula is C49H61N3O9S. The number of amides is 1. The van der Waals surface area contributed by atoms with E-state index in [1.165, 1.54) is 4.90 Å². The topological polar surface area (TPSA) is 163 Å². The van der Waals surface area contributed by atoms with E-state index in [0.717, 1.165) is 48.3 Å². The number of benzene rings is 3. The van der Waals surface area contributed by atoms with Gasteiger partial charge < -0.3 is 44.0 Å². The fraction of sp³-hybridized carbons (Fsp3) is 0.490. The number of aliphatic hydroxyl groups is 3. The van der Waals surface area contributed by atoms with Gasteiger partial charge in [-0.2, -0.15) is 5.26 Å². The van der Waals surface area contributed by atoms with Crippen molar-refractivity contribution >= 4 is 23.4 Å². The number of hydrogen-bond donors (Lipinski definition) is 3. The van der Waals surface area contributed by atoms with Gasteiger partial charge in [0.1, 0.15) is 24.1 Å². The lowest BCUT2D eigenvalue weighted by atomic mass is 9.55. The minimum atomic E-state index is -1.46. The fourth-order valence-electron chi connectivity index (χ4n) is 9.30. The third-order valence-electron chi connectivity index (χ3n) is 11.9. The molecule has 2 aliphatic carbocycles. The molecule has 62 heavy (non-hydrogen) atoms. The van der Waals surface area contributed by atoms with Crippen molar-refractivity contribution in [3.05, 3.63) is 114 Å². The first-order valence-electron chi connectivity index (χ1n) is 21.9. The Kier molecular flexibility index (Phi) is 17.9. The number of oxime groups is 1. The summed E-state index contributed by atoms with van der Waals surface area (Å²) in [4.78, 5) is 23.7. The third-order valence-corrected chi connectivity index (χ3v) is 12.9. The van der Waals surface area contributed by atoms with Crippen LogP contribution in [0.1, 0.15) is 79.3 Å². The summed E-state index contributed by atoms with van der Waals surface area (Å²) in [6, 6.07) is 24.1. The SMILES string of the molecule is C=CCOC12Oc3ccc(OCCSc4ccccc4)cc3C3C(CCCCO)C(CCCCO)C=C(C(=NOCC)CC1N(CCOCCO)C(=O)c1ccc(C#N)cc1)C32. The van der Waals surface area contributed by atoms with Gasteiger partial charge in [0.05, 0.1) is 56.3 Å². The number of aliphatic hydroxyl groups excluding tert-OH is 3. The summed E-state index contributed by atoms with van der Waals surface area (Å²) < 4.78 is 26.7. The molecule has 0 saturated heterocycles. The molecule has 6 unspecified atom stereocenters. The van der Waals surface area contributed by atoms with Crippen molar-refractivity contribution < 1.29 is 43.9 Å². The lowest BCUT2D eigenvalue weighted by Crippen LogP contribution is -2.70. The normalized spacial score (nSPS) is 23.0. The highest BCUT2D eigenvalue weighted by atomic mass is 32.2. The Morgan fingerprint density at radius 2 is 1.77 bits per heavy atom. The van der Waals surface area contributed by atoms with Crippen LogP contribution < -0.4 is 9.47 Å². The predicted molar refractivity (Wildman–Crippen MR) is 239 cm³/mol. The number of carbonyl (C=O) groups is 1. The summed E-state index contributed by atoms with van der Waals surface area (Å²) in [6.07, 6.45) is 8.80. The van der Waals surface area contributed by atoms with Crippen molar-refractivity contribution in [1.29, 1.82) is 5.26 Å². The van der Waals surface area contributed by atoms with Gasteiger partial charge in [0.2, 0.25) is 5.79 Å². The monoisotopic (exact) mass is 867 g/mol. The Hall–Kier alpha value is -4.68. The summed E-state index contributed by atoms with van der Waals surface area (Å²) in [7, 11) is 0. The lowest BCUT2D eigenvalue weighted by Gasteiger charge is -2.60. The number of rotatable bonds is 25. The Morgan fingerprint density at radius 3 is 2.48 bits per heavy atom. The second-order valence-corrected chi connectivity index (χ2v) is 16.9. The van der Waals surface area contributed by atoms with E-state index in [1.807, 2.05) is 37.3 Å². The van der Waals surface area contributed by atoms with Crippen molar-refractivity contribution in [2.24, 2.45) is 22.9 Å². The number of hydrogen-bond acceptors (Lipinski definition) is 12. The van der Waals surface area contributed by atoms with Crippen LogP contribution in [0, 0.1) is 29.1 Å². The molecule has 3 aliphatic rings. The van der Waals surface area contributed by atoms with E-state index in [4.69, 9.17) is 28.9 Å². The first-order chi connectivity index (χ1) is 30.4. The van der Waals surface area contributed by atoms with Gasteiger partial charge in [-0.25, -0.2) is 0 Å². The molecule has 332 valence electrons. The number of carbonyl (C=O) groups excluding carboxylic acids is 1. The Bertz CT molecular complexity index is 2010. The molecule has 0 spiro atoms. The highest BCUT2D eigenvalue weighted by Gasteiger charge is 2.65. The molecule has 12 nitrogen and oxygen atoms in total. The smallest absolute Gasteiger partial charge is 0.254 e. The molecule has 3 aromatic rings. The molecule has 6 atom stereocenters. The van der Waals surface area contributed by atoms with Crippen LogP contribution in [-0.4, -0.2) is 109 Å². The Labute approximate surface area is 370 Å². The largest absolute Gasteiger partial charge is 0.493 e. The summed E-state index contributed by atoms with van der Waals surface area (Å²) in [5.41, 5.74) is 3.41. The molecule has 1 aliphatic heterocycles. The Balaban J connectivity index is 1.52. The molecule has 13 heteroatoms. The summed E-state index contributed by atoms with van der Waals surface area (Å²) in [5, 5.41) is 43.7. The number of allylic oxidation sites excluding steroid dienone is 1. The number of ether oxygens (including phenoxy) is 4. The van der Waals surface area contributed by atoms with Crippen LogP contribution in [0.2, 0.25) is 0 Å². The average molecular weight is 868 g/mol. The molecule has 0 radical (unpaired) electrons. The molecule has 1 saturated carbocycles. The highest BCUT2D eigenvalue weighted by Crippen LogP contribution is 2.62. The second-order valence-electron chi connectivity index (χ2n) is 15.7. The van der Waals surface area contributed by atoms with E-state index in [2.05, 4.69) is 36.9 Å². The van der Waals surface area contributed by atoms with Crippen LogP contribution in [0.3, 0.4) is 0 Å². The molecule has 3 N–H and O–H groups in total. The maximum absolute atomic E-state index is 15.0. The van der Waals surface area contributed by atoms with Gasteiger partial charge in [-0.1, -0.05) is 48.3 Å². The van der Waals surface area contributed by atoms with Crippen molar-refractivity contribution in [1.82, 2.24) is 4.90 Å². The van der Waals surface area contributed by atoms with E-state index in [1.54, 1.807) is 47.0 Å². The fourth-order valence-corrected chi connectivity index (χ4v) is 10.0. The van der Waals surface area contributed by atoms with Gasteiger partial charge in [-0.05, 0) is 105 Å². The number of unbranched alkanes of at least 4 members (excludes halogenated alkanes) is 2. The van der Waals surface area contributed by atoms with Crippen molar-refractivity contribution in [2.45, 2.75) is 74.5 Å². The molecule has 0 aromatic heterocycles. The molecule has 1 heterocycles. The molecule has 1 amide bonds. The van der Waals surface area contributed by atoms with Crippen molar-refractivity contribution in [3.8, 4) is 17.6 Å². The van der Waals surface area contributed by atoms with Gasteiger partial charge in [0.15, 0.2) is 0 Å². The summed E-state index contributed by atoms with van der Waals surface area (Å²) >= 11 is 1.73. The highest BCUT2D eigenvalue weighted by molar-refractivity contribution is 7.99. The zero-order valence-electron chi connectivity index (χ0n) is 35.7. The van der Waals surface area contributed by atoms with Crippen LogP contribution in [0.25, 0.3) is 0 Å². The summed E-state index contributed by atoms with van der Waals surface area (Å²) in [5.74, 6) is -0.226. The van der Waals surface area contributed by atoms with Gasteiger partial charge in [-0.3, -0.25) is 4.79 Å². The first-order valence-corrected chi connectivity index (χ1v) is 22.9. The van der Waals surface area contributed by atoms with Crippen molar-refractivity contribution in [2.75, 3.05) is 65.2 Å². The van der Waals surface area contributed by atoms with Crippen LogP contribution in [0.4, 0.5) is 0 Å². The average Bonchev–Trinajstić information content (AvgIpc) is 3.30. The minimum absolute atomic E-state index is 0.0508. The van der Waals surface area contributed by atoms with E-state index in [0.29, 0.717) is 48.6 Å². The van der Waals surface area contributed by atoms with Crippen molar-refractivity contribution in [3.63, 3.8) is 0 Å².